The van der Waals surface area contributed by atoms with E-state index in [1.54, 1.807) is 6.07 Å². The van der Waals surface area contributed by atoms with Crippen molar-refractivity contribution in [3.63, 3.8) is 0 Å². The van der Waals surface area contributed by atoms with Crippen molar-refractivity contribution in [2.75, 3.05) is 13.2 Å². The van der Waals surface area contributed by atoms with Crippen molar-refractivity contribution in [1.82, 2.24) is 0 Å². The Morgan fingerprint density at radius 2 is 2.10 bits per heavy atom. The number of aliphatic carboxylic acids is 1. The van der Waals surface area contributed by atoms with Crippen LogP contribution in [0.4, 0.5) is 0 Å². The van der Waals surface area contributed by atoms with Gasteiger partial charge in [0.2, 0.25) is 0 Å². The third-order valence-corrected chi connectivity index (χ3v) is 3.65. The summed E-state index contributed by atoms with van der Waals surface area (Å²) in [5.41, 5.74) is 7.05. The molecule has 1 aromatic carbocycles. The maximum Gasteiger partial charge on any atom is 0.303 e. The molecule has 0 aliphatic carbocycles. The number of hydrogen-bond donors (Lipinski definition) is 2. The smallest absolute Gasteiger partial charge is 0.303 e. The second-order valence-corrected chi connectivity index (χ2v) is 5.23. The molecule has 108 valence electrons. The third kappa shape index (κ3) is 2.94. The van der Waals surface area contributed by atoms with Gasteiger partial charge >= 0.3 is 5.97 Å². The van der Waals surface area contributed by atoms with Gasteiger partial charge in [0.25, 0.3) is 0 Å². The standard InChI is InChI=1S/C13H14BrNO5/c14-8-5-7(6-16)12-13(20-4-3-19-12)11(8)9(15)1-2-10(17)18/h5-6,9H,1-4,15H2,(H,17,18). The molecule has 20 heavy (non-hydrogen) atoms. The first-order chi connectivity index (χ1) is 9.54. The average molecular weight is 344 g/mol. The zero-order chi connectivity index (χ0) is 14.7. The molecule has 1 aromatic rings. The van der Waals surface area contributed by atoms with E-state index in [0.29, 0.717) is 46.6 Å². The summed E-state index contributed by atoms with van der Waals surface area (Å²) >= 11 is 3.35. The van der Waals surface area contributed by atoms with Gasteiger partial charge in [-0.2, -0.15) is 0 Å². The van der Waals surface area contributed by atoms with Gasteiger partial charge in [-0.1, -0.05) is 15.9 Å². The quantitative estimate of drug-likeness (QED) is 0.792. The number of ether oxygens (including phenoxy) is 2. The zero-order valence-electron chi connectivity index (χ0n) is 10.6. The number of fused-ring (bicyclic) bond motifs is 1. The lowest BCUT2D eigenvalue weighted by Crippen LogP contribution is -2.21. The molecule has 0 fully saturated rings. The molecule has 0 spiro atoms. The first-order valence-electron chi connectivity index (χ1n) is 6.09. The molecule has 0 amide bonds. The fourth-order valence-electron chi connectivity index (χ4n) is 2.08. The Morgan fingerprint density at radius 1 is 1.45 bits per heavy atom. The van der Waals surface area contributed by atoms with Crippen molar-refractivity contribution in [2.24, 2.45) is 5.73 Å². The highest BCUT2D eigenvalue weighted by molar-refractivity contribution is 9.10. The van der Waals surface area contributed by atoms with E-state index in [1.807, 2.05) is 0 Å². The molecule has 3 N–H and O–H groups in total. The van der Waals surface area contributed by atoms with Crippen LogP contribution in [0, 0.1) is 0 Å². The molecule has 0 bridgehead atoms. The molecule has 0 radical (unpaired) electrons. The molecule has 6 nitrogen and oxygen atoms in total. The maximum absolute atomic E-state index is 11.1. The summed E-state index contributed by atoms with van der Waals surface area (Å²) in [4.78, 5) is 21.7. The van der Waals surface area contributed by atoms with Crippen LogP contribution in [0.2, 0.25) is 0 Å². The van der Waals surface area contributed by atoms with E-state index in [-0.39, 0.29) is 12.8 Å². The summed E-state index contributed by atoms with van der Waals surface area (Å²) in [6, 6.07) is 1.09. The lowest BCUT2D eigenvalue weighted by Gasteiger charge is -2.25. The van der Waals surface area contributed by atoms with E-state index in [9.17, 15) is 9.59 Å². The highest BCUT2D eigenvalue weighted by Gasteiger charge is 2.26. The Kier molecular flexibility index (Phi) is 4.61. The number of hydrogen-bond acceptors (Lipinski definition) is 5. The lowest BCUT2D eigenvalue weighted by atomic mass is 9.99. The van der Waals surface area contributed by atoms with E-state index >= 15 is 0 Å². The van der Waals surface area contributed by atoms with Crippen LogP contribution in [0.3, 0.4) is 0 Å². The first kappa shape index (κ1) is 14.8. The fourth-order valence-corrected chi connectivity index (χ4v) is 2.80. The molecule has 1 heterocycles. The van der Waals surface area contributed by atoms with Gasteiger partial charge in [-0.3, -0.25) is 9.59 Å². The number of halogens is 1. The van der Waals surface area contributed by atoms with Crippen molar-refractivity contribution in [2.45, 2.75) is 18.9 Å². The molecule has 0 saturated heterocycles. The number of aldehydes is 1. The van der Waals surface area contributed by atoms with Crippen LogP contribution in [0.25, 0.3) is 0 Å². The van der Waals surface area contributed by atoms with E-state index in [1.165, 1.54) is 0 Å². The van der Waals surface area contributed by atoms with Gasteiger partial charge in [-0.05, 0) is 12.5 Å². The second-order valence-electron chi connectivity index (χ2n) is 4.37. The Labute approximate surface area is 124 Å². The summed E-state index contributed by atoms with van der Waals surface area (Å²) in [6.07, 6.45) is 0.910. The topological polar surface area (TPSA) is 98.9 Å². The number of carbonyl (C=O) groups is 2. The van der Waals surface area contributed by atoms with Crippen molar-refractivity contribution in [3.05, 3.63) is 21.7 Å². The summed E-state index contributed by atoms with van der Waals surface area (Å²) in [5.74, 6) is -0.118. The summed E-state index contributed by atoms with van der Waals surface area (Å²) in [7, 11) is 0. The lowest BCUT2D eigenvalue weighted by molar-refractivity contribution is -0.137. The van der Waals surface area contributed by atoms with E-state index < -0.39 is 12.0 Å². The van der Waals surface area contributed by atoms with E-state index in [0.717, 1.165) is 0 Å². The number of carbonyl (C=O) groups excluding carboxylic acids is 1. The monoisotopic (exact) mass is 343 g/mol. The average Bonchev–Trinajstić information content (AvgIpc) is 2.43. The number of rotatable bonds is 5. The van der Waals surface area contributed by atoms with Crippen LogP contribution in [-0.4, -0.2) is 30.6 Å². The third-order valence-electron chi connectivity index (χ3n) is 3.00. The minimum absolute atomic E-state index is 0.0430. The molecular formula is C13H14BrNO5. The van der Waals surface area contributed by atoms with Gasteiger partial charge < -0.3 is 20.3 Å². The van der Waals surface area contributed by atoms with Gasteiger partial charge in [0.1, 0.15) is 13.2 Å². The Bertz CT molecular complexity index is 546. The largest absolute Gasteiger partial charge is 0.486 e. The van der Waals surface area contributed by atoms with Gasteiger partial charge in [0, 0.05) is 22.5 Å². The minimum Gasteiger partial charge on any atom is -0.486 e. The number of benzene rings is 1. The SMILES string of the molecule is NC(CCC(=O)O)c1c(Br)cc(C=O)c2c1OCCO2. The number of carboxylic acid groups (broad SMARTS) is 1. The van der Waals surface area contributed by atoms with Crippen LogP contribution in [0.1, 0.15) is 34.8 Å². The molecule has 0 saturated carbocycles. The van der Waals surface area contributed by atoms with Crippen LogP contribution in [0.15, 0.2) is 10.5 Å². The van der Waals surface area contributed by atoms with Crippen molar-refractivity contribution < 1.29 is 24.2 Å². The molecule has 1 aliphatic rings. The summed E-state index contributed by atoms with van der Waals surface area (Å²) in [5, 5.41) is 8.73. The predicted octanol–water partition coefficient (Wildman–Crippen LogP) is 1.90. The maximum atomic E-state index is 11.1. The Morgan fingerprint density at radius 3 is 2.70 bits per heavy atom. The van der Waals surface area contributed by atoms with Gasteiger partial charge in [-0.15, -0.1) is 0 Å². The molecular weight excluding hydrogens is 330 g/mol. The molecule has 7 heteroatoms. The van der Waals surface area contributed by atoms with Crippen LogP contribution >= 0.6 is 15.9 Å². The summed E-state index contributed by atoms with van der Waals surface area (Å²) in [6.45, 7) is 0.722. The first-order valence-corrected chi connectivity index (χ1v) is 6.88. The fraction of sp³-hybridized carbons (Fsp3) is 0.385. The molecule has 1 aliphatic heterocycles. The Balaban J connectivity index is 2.41. The molecule has 1 atom stereocenters. The zero-order valence-corrected chi connectivity index (χ0v) is 12.2. The van der Waals surface area contributed by atoms with Crippen LogP contribution in [0.5, 0.6) is 11.5 Å². The second kappa shape index (κ2) is 6.23. The molecule has 1 unspecified atom stereocenters. The normalized spacial score (nSPS) is 14.7. The van der Waals surface area contributed by atoms with Crippen LogP contribution in [-0.2, 0) is 4.79 Å². The van der Waals surface area contributed by atoms with E-state index in [4.69, 9.17) is 20.3 Å². The molecule has 2 rings (SSSR count). The molecule has 0 aromatic heterocycles. The van der Waals surface area contributed by atoms with Gasteiger partial charge in [0.15, 0.2) is 17.8 Å². The van der Waals surface area contributed by atoms with E-state index in [2.05, 4.69) is 15.9 Å². The number of carboxylic acids is 1. The van der Waals surface area contributed by atoms with Gasteiger partial charge in [-0.25, -0.2) is 0 Å². The highest BCUT2D eigenvalue weighted by Crippen LogP contribution is 2.44. The Hall–Kier alpha value is -1.60. The van der Waals surface area contributed by atoms with Crippen molar-refractivity contribution in [3.8, 4) is 11.5 Å². The van der Waals surface area contributed by atoms with Crippen molar-refractivity contribution >= 4 is 28.2 Å². The number of nitrogens with two attached hydrogens (primary N) is 1. The minimum atomic E-state index is -0.910. The van der Waals surface area contributed by atoms with Crippen molar-refractivity contribution in [1.29, 1.82) is 0 Å². The highest BCUT2D eigenvalue weighted by atomic mass is 79.9. The summed E-state index contributed by atoms with van der Waals surface area (Å²) < 4.78 is 11.6. The van der Waals surface area contributed by atoms with Crippen LogP contribution < -0.4 is 15.2 Å². The predicted molar refractivity (Wildman–Crippen MR) is 74.3 cm³/mol. The van der Waals surface area contributed by atoms with Gasteiger partial charge in [0.05, 0.1) is 5.56 Å².